The van der Waals surface area contributed by atoms with Crippen molar-refractivity contribution in [2.24, 2.45) is 5.92 Å². The van der Waals surface area contributed by atoms with Crippen LogP contribution in [0, 0.1) is 26.1 Å². The summed E-state index contributed by atoms with van der Waals surface area (Å²) in [7, 11) is 0. The van der Waals surface area contributed by atoms with Gasteiger partial charge >= 0.3 is 12.1 Å². The molecule has 5 rings (SSSR count). The molecule has 45 heavy (non-hydrogen) atoms. The molecule has 2 aromatic carbocycles. The van der Waals surface area contributed by atoms with E-state index in [1.54, 1.807) is 38.4 Å². The van der Waals surface area contributed by atoms with E-state index in [2.05, 4.69) is 4.98 Å². The highest BCUT2D eigenvalue weighted by Gasteiger charge is 2.62. The van der Waals surface area contributed by atoms with Gasteiger partial charge in [0.25, 0.3) is 11.4 Å². The van der Waals surface area contributed by atoms with E-state index in [9.17, 15) is 34.6 Å². The predicted molar refractivity (Wildman–Crippen MR) is 157 cm³/mol. The molecule has 0 radical (unpaired) electrons. The van der Waals surface area contributed by atoms with Crippen LogP contribution in [0.25, 0.3) is 0 Å². The first-order valence-electron chi connectivity index (χ1n) is 13.6. The SMILES string of the molecule is CC(C)(OC(=O)OCc1ccc([N+](=O)[O-])cc1)[C@@H]1C(=O)N2C(C(=O)OCc3ccc([N+](=O)[O-])cc3)=C(Sc3ccncc3)C[C@H]12. The van der Waals surface area contributed by atoms with Crippen LogP contribution in [-0.4, -0.2) is 49.4 Å². The lowest BCUT2D eigenvalue weighted by Crippen LogP contribution is -2.66. The number of benzene rings is 2. The summed E-state index contributed by atoms with van der Waals surface area (Å²) >= 11 is 1.29. The average molecular weight is 635 g/mol. The normalized spacial score (nSPS) is 17.3. The highest BCUT2D eigenvalue weighted by Crippen LogP contribution is 2.51. The van der Waals surface area contributed by atoms with E-state index in [-0.39, 0.29) is 30.3 Å². The van der Waals surface area contributed by atoms with Crippen molar-refractivity contribution >= 4 is 41.2 Å². The zero-order valence-electron chi connectivity index (χ0n) is 24.0. The lowest BCUT2D eigenvalue weighted by molar-refractivity contribution is -0.385. The molecular weight excluding hydrogens is 608 g/mol. The molecule has 3 aromatic rings. The van der Waals surface area contributed by atoms with Gasteiger partial charge in [0.15, 0.2) is 0 Å². The summed E-state index contributed by atoms with van der Waals surface area (Å²) in [6.07, 6.45) is 2.49. The molecule has 0 saturated carbocycles. The van der Waals surface area contributed by atoms with Crippen LogP contribution in [0.4, 0.5) is 16.2 Å². The number of β-lactam (4-membered cyclic amide) rings is 1. The zero-order chi connectivity index (χ0) is 32.3. The first-order chi connectivity index (χ1) is 21.4. The quantitative estimate of drug-likeness (QED) is 0.115. The van der Waals surface area contributed by atoms with E-state index in [1.807, 2.05) is 0 Å². The fourth-order valence-corrected chi connectivity index (χ4v) is 6.23. The van der Waals surface area contributed by atoms with Gasteiger partial charge in [-0.1, -0.05) is 11.8 Å². The molecule has 232 valence electrons. The number of non-ortho nitro benzene ring substituents is 2. The maximum Gasteiger partial charge on any atom is 0.509 e. The Morgan fingerprint density at radius 2 is 1.44 bits per heavy atom. The standard InChI is InChI=1S/C30H26N4O10S/c1-30(2,44-29(37)43-17-19-5-9-21(10-6-19)34(40)41)25-23-15-24(45-22-11-13-31-14-12-22)26(32(23)27(25)35)28(36)42-16-18-3-7-20(8-4-18)33(38)39/h3-14,23,25H,15-17H2,1-2H3/t23-,25+/m1/s1. The van der Waals surface area contributed by atoms with Crippen LogP contribution in [0.5, 0.6) is 0 Å². The number of hydrogen-bond donors (Lipinski definition) is 0. The molecule has 1 amide bonds. The van der Waals surface area contributed by atoms with Crippen molar-refractivity contribution in [3.05, 3.63) is 115 Å². The third-order valence-corrected chi connectivity index (χ3v) is 8.43. The molecule has 1 aromatic heterocycles. The van der Waals surface area contributed by atoms with Gasteiger partial charge in [0, 0.05) is 52.9 Å². The first kappa shape index (κ1) is 31.1. The van der Waals surface area contributed by atoms with Gasteiger partial charge in [-0.05, 0) is 61.4 Å². The lowest BCUT2D eigenvalue weighted by Gasteiger charge is -2.49. The molecular formula is C30H26N4O10S. The molecule has 0 unspecified atom stereocenters. The second-order valence-corrected chi connectivity index (χ2v) is 11.8. The van der Waals surface area contributed by atoms with E-state index in [0.29, 0.717) is 22.5 Å². The van der Waals surface area contributed by atoms with Crippen LogP contribution in [0.3, 0.4) is 0 Å². The molecule has 15 heteroatoms. The summed E-state index contributed by atoms with van der Waals surface area (Å²) in [6.45, 7) is 2.81. The van der Waals surface area contributed by atoms with Gasteiger partial charge in [-0.2, -0.15) is 0 Å². The minimum atomic E-state index is -1.31. The average Bonchev–Trinajstić information content (AvgIpc) is 3.32. The minimum absolute atomic E-state index is 0.0847. The van der Waals surface area contributed by atoms with Crippen LogP contribution in [0.1, 0.15) is 31.4 Å². The number of amides is 1. The fraction of sp³-hybridized carbons (Fsp3) is 0.267. The molecule has 0 bridgehead atoms. The number of esters is 1. The maximum absolute atomic E-state index is 13.5. The number of aromatic nitrogens is 1. The van der Waals surface area contributed by atoms with E-state index in [0.717, 1.165) is 4.90 Å². The first-order valence-corrected chi connectivity index (χ1v) is 14.4. The zero-order valence-corrected chi connectivity index (χ0v) is 24.8. The maximum atomic E-state index is 13.5. The van der Waals surface area contributed by atoms with Crippen LogP contribution >= 0.6 is 11.8 Å². The molecule has 14 nitrogen and oxygen atoms in total. The van der Waals surface area contributed by atoms with Gasteiger partial charge in [-0.15, -0.1) is 0 Å². The summed E-state index contributed by atoms with van der Waals surface area (Å²) in [6, 6.07) is 14.1. The van der Waals surface area contributed by atoms with Crippen molar-refractivity contribution in [3.8, 4) is 0 Å². The topological polar surface area (TPSA) is 181 Å². The summed E-state index contributed by atoms with van der Waals surface area (Å²) in [5, 5.41) is 21.8. The Hall–Kier alpha value is -5.31. The van der Waals surface area contributed by atoms with Crippen molar-refractivity contribution in [1.82, 2.24) is 9.88 Å². The van der Waals surface area contributed by atoms with E-state index < -0.39 is 45.4 Å². The number of carbonyl (C=O) groups is 3. The second kappa shape index (κ2) is 12.7. The van der Waals surface area contributed by atoms with Crippen molar-refractivity contribution in [2.75, 3.05) is 0 Å². The lowest BCUT2D eigenvalue weighted by atomic mass is 9.76. The van der Waals surface area contributed by atoms with Gasteiger partial charge in [0.05, 0.1) is 21.8 Å². The number of pyridine rings is 1. The molecule has 3 heterocycles. The van der Waals surface area contributed by atoms with E-state index in [1.165, 1.54) is 65.2 Å². The van der Waals surface area contributed by atoms with Gasteiger partial charge in [0.1, 0.15) is 24.5 Å². The number of hydrogen-bond acceptors (Lipinski definition) is 12. The molecule has 2 aliphatic rings. The van der Waals surface area contributed by atoms with Crippen molar-refractivity contribution < 1.29 is 38.4 Å². The van der Waals surface area contributed by atoms with Crippen molar-refractivity contribution in [2.45, 2.75) is 50.0 Å². The Bertz CT molecular complexity index is 1680. The number of carbonyl (C=O) groups excluding carboxylic acids is 3. The molecule has 0 N–H and O–H groups in total. The highest BCUT2D eigenvalue weighted by atomic mass is 32.2. The molecule has 0 aliphatic carbocycles. The molecule has 2 atom stereocenters. The second-order valence-electron chi connectivity index (χ2n) is 10.7. The van der Waals surface area contributed by atoms with Gasteiger partial charge in [-0.25, -0.2) is 9.59 Å². The number of ether oxygens (including phenoxy) is 3. The van der Waals surface area contributed by atoms with Crippen LogP contribution in [-0.2, 0) is 37.0 Å². The molecule has 1 saturated heterocycles. The fourth-order valence-electron chi connectivity index (χ4n) is 5.16. The summed E-state index contributed by atoms with van der Waals surface area (Å²) in [5.74, 6) is -1.96. The third-order valence-electron chi connectivity index (χ3n) is 7.32. The highest BCUT2D eigenvalue weighted by molar-refractivity contribution is 8.03. The Morgan fingerprint density at radius 3 is 1.98 bits per heavy atom. The van der Waals surface area contributed by atoms with E-state index >= 15 is 0 Å². The van der Waals surface area contributed by atoms with Gasteiger partial charge < -0.3 is 19.1 Å². The summed E-state index contributed by atoms with van der Waals surface area (Å²) < 4.78 is 16.3. The number of nitro benzene ring substituents is 2. The van der Waals surface area contributed by atoms with Gasteiger partial charge in [-0.3, -0.25) is 30.0 Å². The summed E-state index contributed by atoms with van der Waals surface area (Å²) in [4.78, 5) is 67.0. The molecule has 1 fully saturated rings. The van der Waals surface area contributed by atoms with Crippen LogP contribution in [0.15, 0.2) is 88.6 Å². The van der Waals surface area contributed by atoms with E-state index in [4.69, 9.17) is 14.2 Å². The number of thioether (sulfide) groups is 1. The number of rotatable bonds is 11. The summed E-state index contributed by atoms with van der Waals surface area (Å²) in [5.41, 5.74) is -0.383. The monoisotopic (exact) mass is 634 g/mol. The molecule has 0 spiro atoms. The van der Waals surface area contributed by atoms with Crippen LogP contribution < -0.4 is 0 Å². The smallest absolute Gasteiger partial charge is 0.456 e. The third kappa shape index (κ3) is 6.77. The van der Waals surface area contributed by atoms with Crippen molar-refractivity contribution in [1.29, 1.82) is 0 Å². The minimum Gasteiger partial charge on any atom is -0.456 e. The predicted octanol–water partition coefficient (Wildman–Crippen LogP) is 5.31. The Balaban J connectivity index is 1.27. The Labute approximate surface area is 260 Å². The number of nitro groups is 2. The largest absolute Gasteiger partial charge is 0.509 e. The van der Waals surface area contributed by atoms with Crippen LogP contribution in [0.2, 0.25) is 0 Å². The van der Waals surface area contributed by atoms with Crippen molar-refractivity contribution in [3.63, 3.8) is 0 Å². The number of nitrogens with zero attached hydrogens (tertiary/aromatic N) is 4. The van der Waals surface area contributed by atoms with Gasteiger partial charge in [0.2, 0.25) is 5.91 Å². The Morgan fingerprint density at radius 1 is 0.911 bits per heavy atom. The number of fused-ring (bicyclic) bond motifs is 1. The molecule has 2 aliphatic heterocycles. The Kier molecular flexibility index (Phi) is 8.81.